The van der Waals surface area contributed by atoms with Crippen LogP contribution in [-0.2, 0) is 9.53 Å². The Kier molecular flexibility index (Phi) is 8.05. The normalized spacial score (nSPS) is 19.5. The summed E-state index contributed by atoms with van der Waals surface area (Å²) in [5, 5.41) is 10.6. The van der Waals surface area contributed by atoms with E-state index in [0.717, 1.165) is 43.0 Å². The standard InChI is InChI=1S/C28H34N2O6/c31-24(18-29-11-9-21(10-12-29)23-5-7-26-27(17-23)36-20-35-26)19-34-25-4-2-1-3-22(25)6-8-28(32)30-13-15-33-16-14-30/h1-8,17,21,24,31H,9-16,18-20H2. The van der Waals surface area contributed by atoms with E-state index >= 15 is 0 Å². The van der Waals surface area contributed by atoms with Gasteiger partial charge in [-0.3, -0.25) is 4.79 Å². The number of hydrogen-bond donors (Lipinski definition) is 1. The summed E-state index contributed by atoms with van der Waals surface area (Å²) in [6, 6.07) is 13.8. The molecule has 3 aliphatic heterocycles. The molecule has 8 heteroatoms. The van der Waals surface area contributed by atoms with Crippen molar-refractivity contribution in [2.24, 2.45) is 0 Å². The molecule has 192 valence electrons. The molecule has 0 saturated carbocycles. The van der Waals surface area contributed by atoms with E-state index in [1.165, 1.54) is 5.56 Å². The summed E-state index contributed by atoms with van der Waals surface area (Å²) in [7, 11) is 0. The van der Waals surface area contributed by atoms with Gasteiger partial charge in [0.15, 0.2) is 11.5 Å². The van der Waals surface area contributed by atoms with Crippen LogP contribution in [0.3, 0.4) is 0 Å². The number of benzene rings is 2. The molecule has 2 aromatic carbocycles. The zero-order valence-corrected chi connectivity index (χ0v) is 20.5. The quantitative estimate of drug-likeness (QED) is 0.565. The highest BCUT2D eigenvalue weighted by atomic mass is 16.7. The third-order valence-electron chi connectivity index (χ3n) is 7.00. The van der Waals surface area contributed by atoms with Crippen LogP contribution >= 0.6 is 0 Å². The largest absolute Gasteiger partial charge is 0.490 e. The van der Waals surface area contributed by atoms with Crippen LogP contribution in [0.15, 0.2) is 48.5 Å². The minimum Gasteiger partial charge on any atom is -0.490 e. The average Bonchev–Trinajstić information content (AvgIpc) is 3.40. The summed E-state index contributed by atoms with van der Waals surface area (Å²) in [5.74, 6) is 2.77. The molecule has 3 aliphatic rings. The molecule has 0 radical (unpaired) electrons. The van der Waals surface area contributed by atoms with E-state index in [1.54, 1.807) is 17.1 Å². The van der Waals surface area contributed by atoms with Crippen molar-refractivity contribution in [3.05, 3.63) is 59.7 Å². The summed E-state index contributed by atoms with van der Waals surface area (Å²) in [6.07, 6.45) is 4.84. The van der Waals surface area contributed by atoms with Crippen LogP contribution in [0.1, 0.15) is 29.9 Å². The summed E-state index contributed by atoms with van der Waals surface area (Å²) in [4.78, 5) is 16.5. The molecule has 0 aliphatic carbocycles. The number of para-hydroxylation sites is 1. The number of likely N-dealkylation sites (tertiary alicyclic amines) is 1. The number of β-amino-alcohol motifs (C(OH)–C–C–N with tert-alkyl or cyclic N) is 1. The first-order valence-electron chi connectivity index (χ1n) is 12.7. The summed E-state index contributed by atoms with van der Waals surface area (Å²) in [5.41, 5.74) is 2.11. The predicted molar refractivity (Wildman–Crippen MR) is 135 cm³/mol. The van der Waals surface area contributed by atoms with Crippen molar-refractivity contribution < 1.29 is 28.8 Å². The van der Waals surface area contributed by atoms with Gasteiger partial charge < -0.3 is 33.9 Å². The van der Waals surface area contributed by atoms with Gasteiger partial charge in [0.1, 0.15) is 18.5 Å². The van der Waals surface area contributed by atoms with E-state index in [4.69, 9.17) is 18.9 Å². The molecule has 8 nitrogen and oxygen atoms in total. The fraction of sp³-hybridized carbons (Fsp3) is 0.464. The lowest BCUT2D eigenvalue weighted by atomic mass is 9.89. The maximum Gasteiger partial charge on any atom is 0.246 e. The topological polar surface area (TPSA) is 80.7 Å². The molecule has 1 N–H and O–H groups in total. The summed E-state index contributed by atoms with van der Waals surface area (Å²) in [6.45, 7) is 5.30. The van der Waals surface area contributed by atoms with Crippen LogP contribution in [0, 0.1) is 0 Å². The summed E-state index contributed by atoms with van der Waals surface area (Å²) < 4.78 is 22.2. The zero-order chi connectivity index (χ0) is 24.7. The Bertz CT molecular complexity index is 1060. The van der Waals surface area contributed by atoms with Crippen molar-refractivity contribution in [3.8, 4) is 17.2 Å². The second-order valence-electron chi connectivity index (χ2n) is 9.46. The molecule has 2 saturated heterocycles. The van der Waals surface area contributed by atoms with Gasteiger partial charge in [-0.2, -0.15) is 0 Å². The van der Waals surface area contributed by atoms with Crippen molar-refractivity contribution in [1.82, 2.24) is 9.80 Å². The Labute approximate surface area is 212 Å². The van der Waals surface area contributed by atoms with Crippen LogP contribution < -0.4 is 14.2 Å². The van der Waals surface area contributed by atoms with E-state index in [1.807, 2.05) is 30.3 Å². The van der Waals surface area contributed by atoms with Crippen LogP contribution in [0.25, 0.3) is 6.08 Å². The number of aliphatic hydroxyl groups excluding tert-OH is 1. The van der Waals surface area contributed by atoms with E-state index in [2.05, 4.69) is 17.0 Å². The van der Waals surface area contributed by atoms with Crippen molar-refractivity contribution in [1.29, 1.82) is 0 Å². The first-order chi connectivity index (χ1) is 17.7. The fourth-order valence-corrected chi connectivity index (χ4v) is 4.95. The minimum absolute atomic E-state index is 0.0303. The highest BCUT2D eigenvalue weighted by Crippen LogP contribution is 2.37. The number of carbonyl (C=O) groups excluding carboxylic acids is 1. The SMILES string of the molecule is O=C(C=Cc1ccccc1OCC(O)CN1CCC(c2ccc3c(c2)OCO3)CC1)N1CCOCC1. The van der Waals surface area contributed by atoms with E-state index in [-0.39, 0.29) is 12.5 Å². The number of ether oxygens (including phenoxy) is 4. The lowest BCUT2D eigenvalue weighted by Gasteiger charge is -2.33. The van der Waals surface area contributed by atoms with E-state index in [0.29, 0.717) is 51.3 Å². The molecular formula is C28H34N2O6. The summed E-state index contributed by atoms with van der Waals surface area (Å²) >= 11 is 0. The number of amides is 1. The molecule has 2 aromatic rings. The van der Waals surface area contributed by atoms with Gasteiger partial charge in [-0.05, 0) is 61.7 Å². The molecule has 2 fully saturated rings. The molecule has 3 heterocycles. The lowest BCUT2D eigenvalue weighted by molar-refractivity contribution is -0.129. The first-order valence-corrected chi connectivity index (χ1v) is 12.7. The van der Waals surface area contributed by atoms with E-state index < -0.39 is 6.10 Å². The molecular weight excluding hydrogens is 460 g/mol. The Balaban J connectivity index is 1.08. The monoisotopic (exact) mass is 494 g/mol. The fourth-order valence-electron chi connectivity index (χ4n) is 4.95. The van der Waals surface area contributed by atoms with Crippen molar-refractivity contribution >= 4 is 12.0 Å². The highest BCUT2D eigenvalue weighted by Gasteiger charge is 2.24. The smallest absolute Gasteiger partial charge is 0.246 e. The Morgan fingerprint density at radius 3 is 2.67 bits per heavy atom. The Morgan fingerprint density at radius 2 is 1.83 bits per heavy atom. The number of piperidine rings is 1. The molecule has 0 bridgehead atoms. The van der Waals surface area contributed by atoms with Gasteiger partial charge >= 0.3 is 0 Å². The number of carbonyl (C=O) groups is 1. The van der Waals surface area contributed by atoms with E-state index in [9.17, 15) is 9.90 Å². The Hall–Kier alpha value is -3.07. The highest BCUT2D eigenvalue weighted by molar-refractivity contribution is 5.92. The van der Waals surface area contributed by atoms with Gasteiger partial charge in [-0.25, -0.2) is 0 Å². The number of morpholine rings is 1. The third-order valence-corrected chi connectivity index (χ3v) is 7.00. The van der Waals surface area contributed by atoms with Gasteiger partial charge in [-0.1, -0.05) is 24.3 Å². The molecule has 36 heavy (non-hydrogen) atoms. The van der Waals surface area contributed by atoms with Crippen LogP contribution in [0.5, 0.6) is 17.2 Å². The minimum atomic E-state index is -0.598. The molecule has 1 atom stereocenters. The maximum absolute atomic E-state index is 12.4. The van der Waals surface area contributed by atoms with Crippen LogP contribution in [-0.4, -0.2) is 86.3 Å². The first kappa shape index (κ1) is 24.6. The van der Waals surface area contributed by atoms with Crippen LogP contribution in [0.2, 0.25) is 0 Å². The number of fused-ring (bicyclic) bond motifs is 1. The number of rotatable bonds is 8. The zero-order valence-electron chi connectivity index (χ0n) is 20.5. The van der Waals surface area contributed by atoms with Gasteiger partial charge in [0, 0.05) is 31.3 Å². The van der Waals surface area contributed by atoms with Gasteiger partial charge in [0.25, 0.3) is 0 Å². The molecule has 5 rings (SSSR count). The average molecular weight is 495 g/mol. The maximum atomic E-state index is 12.4. The molecule has 0 aromatic heterocycles. The predicted octanol–water partition coefficient (Wildman–Crippen LogP) is 2.91. The molecule has 0 spiro atoms. The number of hydrogen-bond acceptors (Lipinski definition) is 7. The van der Waals surface area contributed by atoms with Gasteiger partial charge in [0.05, 0.1) is 13.2 Å². The lowest BCUT2D eigenvalue weighted by Crippen LogP contribution is -2.40. The third kappa shape index (κ3) is 6.19. The molecule has 1 amide bonds. The number of nitrogens with zero attached hydrogens (tertiary/aromatic N) is 2. The second-order valence-corrected chi connectivity index (χ2v) is 9.46. The Morgan fingerprint density at radius 1 is 1.06 bits per heavy atom. The van der Waals surface area contributed by atoms with Crippen LogP contribution in [0.4, 0.5) is 0 Å². The molecule has 1 unspecified atom stereocenters. The van der Waals surface area contributed by atoms with Gasteiger partial charge in [-0.15, -0.1) is 0 Å². The van der Waals surface area contributed by atoms with Crippen molar-refractivity contribution in [2.45, 2.75) is 24.9 Å². The van der Waals surface area contributed by atoms with Crippen molar-refractivity contribution in [3.63, 3.8) is 0 Å². The van der Waals surface area contributed by atoms with Gasteiger partial charge in [0.2, 0.25) is 12.7 Å². The van der Waals surface area contributed by atoms with Crippen molar-refractivity contribution in [2.75, 3.05) is 59.3 Å². The second kappa shape index (κ2) is 11.8. The number of aliphatic hydroxyl groups is 1.